The second-order valence-corrected chi connectivity index (χ2v) is 13.3. The molecule has 2 aromatic heterocycles. The quantitative estimate of drug-likeness (QED) is 0.145. The van der Waals surface area contributed by atoms with E-state index in [9.17, 15) is 0 Å². The predicted octanol–water partition coefficient (Wildman–Crippen LogP) is 12.8. The van der Waals surface area contributed by atoms with Gasteiger partial charge in [0.05, 0.1) is 22.6 Å². The summed E-state index contributed by atoms with van der Waals surface area (Å²) in [5.74, 6) is 0.720. The van der Waals surface area contributed by atoms with Gasteiger partial charge in [0.25, 0.3) is 0 Å². The van der Waals surface area contributed by atoms with Crippen LogP contribution in [-0.4, -0.2) is 14.5 Å². The number of hydrogen-bond acceptors (Lipinski definition) is 2. The van der Waals surface area contributed by atoms with Gasteiger partial charge in [0.1, 0.15) is 0 Å². The van der Waals surface area contributed by atoms with Gasteiger partial charge in [-0.05, 0) is 87.7 Å². The SMILES string of the molecule is CC/C=C\c1c(I)c2ccccc2n1-c1ccc(-c2cccc(-c3ccc(-c4cc(-c5ccccc5)nc(-c5ccccc5)n4)cc3)c2)cc1. The normalized spacial score (nSPS) is 11.4. The molecule has 2 heterocycles. The molecule has 0 amide bonds. The highest BCUT2D eigenvalue weighted by Crippen LogP contribution is 2.34. The Bertz CT molecular complexity index is 2390. The van der Waals surface area contributed by atoms with E-state index in [-0.39, 0.29) is 0 Å². The molecule has 0 aliphatic heterocycles. The summed E-state index contributed by atoms with van der Waals surface area (Å²) >= 11 is 2.49. The number of halogens is 1. The topological polar surface area (TPSA) is 30.7 Å². The van der Waals surface area contributed by atoms with Crippen LogP contribution >= 0.6 is 22.6 Å². The molecule has 6 aromatic carbocycles. The van der Waals surface area contributed by atoms with Crippen LogP contribution in [-0.2, 0) is 0 Å². The van der Waals surface area contributed by atoms with Gasteiger partial charge in [-0.15, -0.1) is 0 Å². The van der Waals surface area contributed by atoms with Gasteiger partial charge < -0.3 is 4.57 Å². The van der Waals surface area contributed by atoms with Crippen molar-refractivity contribution in [3.05, 3.63) is 179 Å². The van der Waals surface area contributed by atoms with Crippen molar-refractivity contribution in [1.82, 2.24) is 14.5 Å². The zero-order valence-electron chi connectivity index (χ0n) is 27.7. The smallest absolute Gasteiger partial charge is 0.160 e. The third-order valence-electron chi connectivity index (χ3n) is 9.02. The number of allylic oxidation sites excluding steroid dienone is 1. The van der Waals surface area contributed by atoms with E-state index in [1.807, 2.05) is 36.4 Å². The van der Waals surface area contributed by atoms with Crippen molar-refractivity contribution in [3.8, 4) is 61.8 Å². The molecular formula is C46H34IN3. The van der Waals surface area contributed by atoms with Crippen molar-refractivity contribution in [2.75, 3.05) is 0 Å². The number of benzene rings is 6. The number of para-hydroxylation sites is 1. The van der Waals surface area contributed by atoms with Crippen LogP contribution in [0.5, 0.6) is 0 Å². The number of nitrogens with zero attached hydrogens (tertiary/aromatic N) is 3. The van der Waals surface area contributed by atoms with Crippen LogP contribution in [0.15, 0.2) is 170 Å². The van der Waals surface area contributed by atoms with E-state index in [2.05, 4.69) is 174 Å². The third kappa shape index (κ3) is 6.30. The Balaban J connectivity index is 1.10. The fraction of sp³-hybridized carbons (Fsp3) is 0.0435. The standard InChI is InChI=1S/C46H34IN3/c1-2-3-20-44-45(47)40-19-10-11-21-43(40)50(44)39-28-26-33(27-29-39)38-18-12-17-37(30-38)32-22-24-35(25-23-32)42-31-41(34-13-6-4-7-14-34)48-46(49-42)36-15-8-5-9-16-36/h3-31H,2H2,1H3/b20-3-. The molecule has 0 atom stereocenters. The zero-order chi connectivity index (χ0) is 33.9. The Morgan fingerprint density at radius 1 is 0.520 bits per heavy atom. The summed E-state index contributed by atoms with van der Waals surface area (Å²) in [7, 11) is 0. The highest BCUT2D eigenvalue weighted by Gasteiger charge is 2.15. The molecular weight excluding hydrogens is 721 g/mol. The van der Waals surface area contributed by atoms with E-state index in [1.165, 1.54) is 36.9 Å². The van der Waals surface area contributed by atoms with E-state index < -0.39 is 0 Å². The average molecular weight is 756 g/mol. The maximum atomic E-state index is 5.01. The van der Waals surface area contributed by atoms with Crippen LogP contribution in [0, 0.1) is 3.57 Å². The average Bonchev–Trinajstić information content (AvgIpc) is 3.48. The van der Waals surface area contributed by atoms with Gasteiger partial charge in [-0.1, -0.05) is 146 Å². The Labute approximate surface area is 306 Å². The molecule has 0 saturated carbocycles. The maximum absolute atomic E-state index is 5.01. The molecule has 0 spiro atoms. The molecule has 8 rings (SSSR count). The van der Waals surface area contributed by atoms with Crippen LogP contribution in [0.25, 0.3) is 78.8 Å². The first kappa shape index (κ1) is 31.7. The van der Waals surface area contributed by atoms with Gasteiger partial charge in [0, 0.05) is 31.3 Å². The van der Waals surface area contributed by atoms with Gasteiger partial charge in [0.2, 0.25) is 0 Å². The fourth-order valence-corrected chi connectivity index (χ4v) is 7.34. The molecule has 0 bridgehead atoms. The molecule has 0 saturated heterocycles. The Morgan fingerprint density at radius 2 is 1.04 bits per heavy atom. The summed E-state index contributed by atoms with van der Waals surface area (Å²) in [6, 6.07) is 57.6. The van der Waals surface area contributed by atoms with Gasteiger partial charge >= 0.3 is 0 Å². The van der Waals surface area contributed by atoms with Crippen molar-refractivity contribution in [3.63, 3.8) is 0 Å². The molecule has 0 fully saturated rings. The van der Waals surface area contributed by atoms with Crippen LogP contribution in [0.3, 0.4) is 0 Å². The molecule has 240 valence electrons. The number of hydrogen-bond donors (Lipinski definition) is 0. The van der Waals surface area contributed by atoms with E-state index >= 15 is 0 Å². The van der Waals surface area contributed by atoms with Crippen molar-refractivity contribution in [2.45, 2.75) is 13.3 Å². The first-order valence-corrected chi connectivity index (χ1v) is 18.0. The molecule has 50 heavy (non-hydrogen) atoms. The lowest BCUT2D eigenvalue weighted by Crippen LogP contribution is -1.97. The summed E-state index contributed by atoms with van der Waals surface area (Å²) < 4.78 is 3.65. The minimum atomic E-state index is 0.720. The second-order valence-electron chi connectivity index (χ2n) is 12.3. The summed E-state index contributed by atoms with van der Waals surface area (Å²) in [6.07, 6.45) is 5.48. The molecule has 0 unspecified atom stereocenters. The molecule has 8 aromatic rings. The zero-order valence-corrected chi connectivity index (χ0v) is 29.8. The molecule has 0 aliphatic rings. The van der Waals surface area contributed by atoms with Crippen molar-refractivity contribution >= 4 is 39.6 Å². The Hall–Kier alpha value is -5.59. The van der Waals surface area contributed by atoms with Crippen LogP contribution < -0.4 is 0 Å². The number of fused-ring (bicyclic) bond motifs is 1. The van der Waals surface area contributed by atoms with Crippen molar-refractivity contribution < 1.29 is 0 Å². The maximum Gasteiger partial charge on any atom is 0.160 e. The molecule has 0 radical (unpaired) electrons. The second kappa shape index (κ2) is 14.1. The van der Waals surface area contributed by atoms with Crippen LogP contribution in [0.1, 0.15) is 19.0 Å². The van der Waals surface area contributed by atoms with E-state index in [0.29, 0.717) is 0 Å². The van der Waals surface area contributed by atoms with E-state index in [4.69, 9.17) is 9.97 Å². The molecule has 0 aliphatic carbocycles. The first-order chi connectivity index (χ1) is 24.7. The summed E-state index contributed by atoms with van der Waals surface area (Å²) in [6.45, 7) is 2.18. The van der Waals surface area contributed by atoms with E-state index in [1.54, 1.807) is 0 Å². The summed E-state index contributed by atoms with van der Waals surface area (Å²) in [4.78, 5) is 9.95. The van der Waals surface area contributed by atoms with Crippen LogP contribution in [0.4, 0.5) is 0 Å². The first-order valence-electron chi connectivity index (χ1n) is 16.9. The van der Waals surface area contributed by atoms with E-state index in [0.717, 1.165) is 51.6 Å². The lowest BCUT2D eigenvalue weighted by molar-refractivity contribution is 1.10. The summed E-state index contributed by atoms with van der Waals surface area (Å²) in [5.41, 5.74) is 13.2. The molecule has 4 heteroatoms. The van der Waals surface area contributed by atoms with Gasteiger partial charge in [-0.3, -0.25) is 0 Å². The highest BCUT2D eigenvalue weighted by atomic mass is 127. The van der Waals surface area contributed by atoms with Gasteiger partial charge in [-0.25, -0.2) is 9.97 Å². The highest BCUT2D eigenvalue weighted by molar-refractivity contribution is 14.1. The monoisotopic (exact) mass is 755 g/mol. The predicted molar refractivity (Wildman–Crippen MR) is 218 cm³/mol. The lowest BCUT2D eigenvalue weighted by atomic mass is 9.97. The Morgan fingerprint density at radius 3 is 1.68 bits per heavy atom. The van der Waals surface area contributed by atoms with Crippen molar-refractivity contribution in [1.29, 1.82) is 0 Å². The minimum Gasteiger partial charge on any atom is -0.309 e. The van der Waals surface area contributed by atoms with Crippen molar-refractivity contribution in [2.24, 2.45) is 0 Å². The Kier molecular flexibility index (Phi) is 8.93. The number of aromatic nitrogens is 3. The number of rotatable bonds is 8. The van der Waals surface area contributed by atoms with Crippen LogP contribution in [0.2, 0.25) is 0 Å². The molecule has 0 N–H and O–H groups in total. The fourth-order valence-electron chi connectivity index (χ4n) is 6.46. The van der Waals surface area contributed by atoms with Gasteiger partial charge in [0.15, 0.2) is 5.82 Å². The summed E-state index contributed by atoms with van der Waals surface area (Å²) in [5, 5.41) is 1.28. The minimum absolute atomic E-state index is 0.720. The van der Waals surface area contributed by atoms with Gasteiger partial charge in [-0.2, -0.15) is 0 Å². The molecule has 3 nitrogen and oxygen atoms in total. The largest absolute Gasteiger partial charge is 0.309 e. The third-order valence-corrected chi connectivity index (χ3v) is 10.2. The lowest BCUT2D eigenvalue weighted by Gasteiger charge is -2.12.